The molecule has 9 heteroatoms. The Kier molecular flexibility index (Phi) is 5.72. The van der Waals surface area contributed by atoms with Crippen molar-refractivity contribution in [1.82, 2.24) is 10.2 Å². The molecular formula is C23H25N3O6. The molecule has 3 aliphatic heterocycles. The fourth-order valence-electron chi connectivity index (χ4n) is 4.05. The lowest BCUT2D eigenvalue weighted by Gasteiger charge is -2.38. The zero-order valence-corrected chi connectivity index (χ0v) is 17.6. The van der Waals surface area contributed by atoms with Gasteiger partial charge in [-0.1, -0.05) is 18.2 Å². The second-order valence-electron chi connectivity index (χ2n) is 7.86. The van der Waals surface area contributed by atoms with Gasteiger partial charge >= 0.3 is 0 Å². The average molecular weight is 439 g/mol. The minimum absolute atomic E-state index is 0.0754. The maximum atomic E-state index is 13.0. The Bertz CT molecular complexity index is 1010. The summed E-state index contributed by atoms with van der Waals surface area (Å²) in [5, 5.41) is 2.95. The monoisotopic (exact) mass is 439 g/mol. The number of nitrogens with one attached hydrogen (secondary N) is 1. The summed E-state index contributed by atoms with van der Waals surface area (Å²) < 4.78 is 22.1. The SMILES string of the molecule is O=C(CN1C[C@@H](C(=O)N2CCOCC2)Oc2ccccc21)NCc1ccc2c(c1)OCO2. The molecule has 0 radical (unpaired) electrons. The Morgan fingerprint density at radius 1 is 1.00 bits per heavy atom. The smallest absolute Gasteiger partial charge is 0.265 e. The normalized spacial score (nSPS) is 19.2. The van der Waals surface area contributed by atoms with Gasteiger partial charge in [-0.15, -0.1) is 0 Å². The van der Waals surface area contributed by atoms with Crippen molar-refractivity contribution in [3.05, 3.63) is 48.0 Å². The van der Waals surface area contributed by atoms with E-state index in [0.29, 0.717) is 56.6 Å². The van der Waals surface area contributed by atoms with Crippen molar-refractivity contribution < 1.29 is 28.5 Å². The molecule has 1 N–H and O–H groups in total. The summed E-state index contributed by atoms with van der Waals surface area (Å²) >= 11 is 0. The van der Waals surface area contributed by atoms with Crippen LogP contribution in [0.5, 0.6) is 17.2 Å². The fraction of sp³-hybridized carbons (Fsp3) is 0.391. The van der Waals surface area contributed by atoms with E-state index in [1.807, 2.05) is 47.4 Å². The van der Waals surface area contributed by atoms with E-state index in [0.717, 1.165) is 11.3 Å². The predicted molar refractivity (Wildman–Crippen MR) is 115 cm³/mol. The minimum atomic E-state index is -0.662. The highest BCUT2D eigenvalue weighted by Gasteiger charge is 2.34. The number of amides is 2. The van der Waals surface area contributed by atoms with Gasteiger partial charge in [0.2, 0.25) is 12.7 Å². The molecule has 5 rings (SSSR count). The first kappa shape index (κ1) is 20.4. The number of rotatable bonds is 5. The van der Waals surface area contributed by atoms with Crippen LogP contribution in [0.1, 0.15) is 5.56 Å². The number of morpholine rings is 1. The van der Waals surface area contributed by atoms with Crippen LogP contribution in [0.25, 0.3) is 0 Å². The van der Waals surface area contributed by atoms with Crippen LogP contribution in [0.3, 0.4) is 0 Å². The van der Waals surface area contributed by atoms with Crippen LogP contribution < -0.4 is 24.4 Å². The van der Waals surface area contributed by atoms with E-state index in [4.69, 9.17) is 18.9 Å². The van der Waals surface area contributed by atoms with Crippen molar-refractivity contribution in [2.24, 2.45) is 0 Å². The summed E-state index contributed by atoms with van der Waals surface area (Å²) in [5.74, 6) is 1.78. The Hall–Kier alpha value is -3.46. The molecule has 0 aromatic heterocycles. The lowest BCUT2D eigenvalue weighted by Crippen LogP contribution is -2.54. The molecule has 3 heterocycles. The summed E-state index contributed by atoms with van der Waals surface area (Å²) in [7, 11) is 0. The Labute approximate surface area is 185 Å². The number of hydrogen-bond acceptors (Lipinski definition) is 7. The molecule has 168 valence electrons. The van der Waals surface area contributed by atoms with Crippen molar-refractivity contribution in [3.8, 4) is 17.2 Å². The zero-order chi connectivity index (χ0) is 21.9. The van der Waals surface area contributed by atoms with Gasteiger partial charge < -0.3 is 34.1 Å². The first-order valence-corrected chi connectivity index (χ1v) is 10.7. The molecule has 0 unspecified atom stereocenters. The molecular weight excluding hydrogens is 414 g/mol. The Balaban J connectivity index is 1.24. The number of benzene rings is 2. The second kappa shape index (κ2) is 8.96. The molecule has 0 bridgehead atoms. The molecule has 9 nitrogen and oxygen atoms in total. The first-order valence-electron chi connectivity index (χ1n) is 10.7. The van der Waals surface area contributed by atoms with Crippen molar-refractivity contribution in [1.29, 1.82) is 0 Å². The summed E-state index contributed by atoms with van der Waals surface area (Å²) in [4.78, 5) is 29.4. The summed E-state index contributed by atoms with van der Waals surface area (Å²) in [6, 6.07) is 13.1. The molecule has 0 saturated carbocycles. The molecule has 3 aliphatic rings. The Morgan fingerprint density at radius 3 is 2.69 bits per heavy atom. The molecule has 2 aromatic carbocycles. The van der Waals surface area contributed by atoms with E-state index >= 15 is 0 Å². The van der Waals surface area contributed by atoms with Crippen LogP contribution >= 0.6 is 0 Å². The standard InChI is InChI=1S/C23H25N3O6/c27-22(24-12-16-5-6-19-20(11-16)31-15-30-19)14-26-13-21(23(28)25-7-9-29-10-8-25)32-18-4-2-1-3-17(18)26/h1-6,11,21H,7-10,12-15H2,(H,24,27)/t21-/m0/s1. The van der Waals surface area contributed by atoms with Crippen LogP contribution in [0.4, 0.5) is 5.69 Å². The van der Waals surface area contributed by atoms with Gasteiger partial charge in [-0.05, 0) is 29.8 Å². The largest absolute Gasteiger partial charge is 0.477 e. The highest BCUT2D eigenvalue weighted by Crippen LogP contribution is 2.34. The van der Waals surface area contributed by atoms with Gasteiger partial charge in [0, 0.05) is 19.6 Å². The maximum absolute atomic E-state index is 13.0. The van der Waals surface area contributed by atoms with Crippen LogP contribution in [0.2, 0.25) is 0 Å². The first-order chi connectivity index (χ1) is 15.7. The summed E-state index contributed by atoms with van der Waals surface area (Å²) in [6.45, 7) is 3.18. The molecule has 0 spiro atoms. The fourth-order valence-corrected chi connectivity index (χ4v) is 4.05. The molecule has 1 atom stereocenters. The predicted octanol–water partition coefficient (Wildman–Crippen LogP) is 1.16. The zero-order valence-electron chi connectivity index (χ0n) is 17.6. The van der Waals surface area contributed by atoms with Gasteiger partial charge in [-0.2, -0.15) is 0 Å². The van der Waals surface area contributed by atoms with Gasteiger partial charge in [-0.3, -0.25) is 9.59 Å². The van der Waals surface area contributed by atoms with Crippen LogP contribution in [-0.2, 0) is 20.9 Å². The van der Waals surface area contributed by atoms with Crippen LogP contribution in [0, 0.1) is 0 Å². The van der Waals surface area contributed by atoms with Gasteiger partial charge in [0.25, 0.3) is 5.91 Å². The molecule has 2 amide bonds. The van der Waals surface area contributed by atoms with Crippen LogP contribution in [-0.4, -0.2) is 69.0 Å². The lowest BCUT2D eigenvalue weighted by atomic mass is 10.1. The quantitative estimate of drug-likeness (QED) is 0.748. The van der Waals surface area contributed by atoms with E-state index in [2.05, 4.69) is 5.32 Å². The van der Waals surface area contributed by atoms with Gasteiger partial charge in [0.05, 0.1) is 32.0 Å². The maximum Gasteiger partial charge on any atom is 0.265 e. The molecule has 32 heavy (non-hydrogen) atoms. The number of fused-ring (bicyclic) bond motifs is 2. The van der Waals surface area contributed by atoms with E-state index in [1.165, 1.54) is 0 Å². The van der Waals surface area contributed by atoms with Crippen molar-refractivity contribution in [3.63, 3.8) is 0 Å². The number of hydrogen-bond donors (Lipinski definition) is 1. The third-order valence-corrected chi connectivity index (χ3v) is 5.72. The third-order valence-electron chi connectivity index (χ3n) is 5.72. The molecule has 0 aliphatic carbocycles. The minimum Gasteiger partial charge on any atom is -0.477 e. The third kappa shape index (κ3) is 4.29. The number of carbonyl (C=O) groups excluding carboxylic acids is 2. The molecule has 1 saturated heterocycles. The number of nitrogens with zero attached hydrogens (tertiary/aromatic N) is 2. The van der Waals surface area contributed by atoms with E-state index in [-0.39, 0.29) is 25.2 Å². The van der Waals surface area contributed by atoms with Crippen molar-refractivity contribution in [2.45, 2.75) is 12.6 Å². The van der Waals surface area contributed by atoms with E-state index in [9.17, 15) is 9.59 Å². The number of anilines is 1. The van der Waals surface area contributed by atoms with Gasteiger partial charge in [-0.25, -0.2) is 0 Å². The second-order valence-corrected chi connectivity index (χ2v) is 7.86. The average Bonchev–Trinajstić information content (AvgIpc) is 3.31. The number of ether oxygens (including phenoxy) is 4. The van der Waals surface area contributed by atoms with E-state index < -0.39 is 6.10 Å². The highest BCUT2D eigenvalue weighted by atomic mass is 16.7. The summed E-state index contributed by atoms with van der Waals surface area (Å²) in [6.07, 6.45) is -0.662. The number of para-hydroxylation sites is 2. The van der Waals surface area contributed by atoms with Crippen LogP contribution in [0.15, 0.2) is 42.5 Å². The van der Waals surface area contributed by atoms with E-state index in [1.54, 1.807) is 4.90 Å². The molecule has 1 fully saturated rings. The van der Waals surface area contributed by atoms with Gasteiger partial charge in [0.15, 0.2) is 17.6 Å². The molecule has 2 aromatic rings. The topological polar surface area (TPSA) is 89.6 Å². The lowest BCUT2D eigenvalue weighted by molar-refractivity contribution is -0.142. The van der Waals surface area contributed by atoms with Crippen molar-refractivity contribution >= 4 is 17.5 Å². The summed E-state index contributed by atoms with van der Waals surface area (Å²) in [5.41, 5.74) is 1.72. The van der Waals surface area contributed by atoms with Crippen molar-refractivity contribution in [2.75, 3.05) is 51.1 Å². The number of carbonyl (C=O) groups is 2. The highest BCUT2D eigenvalue weighted by molar-refractivity contribution is 5.86. The Morgan fingerprint density at radius 2 is 1.81 bits per heavy atom. The van der Waals surface area contributed by atoms with Gasteiger partial charge in [0.1, 0.15) is 5.75 Å².